The highest BCUT2D eigenvalue weighted by Gasteiger charge is 2.10. The normalized spacial score (nSPS) is 10.6. The van der Waals surface area contributed by atoms with Crippen molar-refractivity contribution in [1.82, 2.24) is 0 Å². The van der Waals surface area contributed by atoms with E-state index in [9.17, 15) is 13.0 Å². The van der Waals surface area contributed by atoms with Crippen molar-refractivity contribution in [3.05, 3.63) is 53.6 Å². The van der Waals surface area contributed by atoms with E-state index in [1.807, 2.05) is 32.0 Å². The van der Waals surface area contributed by atoms with Crippen LogP contribution in [0.15, 0.2) is 47.4 Å². The molecule has 0 spiro atoms. The second-order valence-electron chi connectivity index (χ2n) is 4.96. The number of fused-ring (bicyclic) bond motifs is 2. The molecular formula is C18H21O5S-. The van der Waals surface area contributed by atoms with E-state index in [-0.39, 0.29) is 4.90 Å². The highest BCUT2D eigenvalue weighted by Crippen LogP contribution is 2.33. The van der Waals surface area contributed by atoms with Crippen molar-refractivity contribution < 1.29 is 23.2 Å². The van der Waals surface area contributed by atoms with Gasteiger partial charge in [-0.25, -0.2) is 8.42 Å². The van der Waals surface area contributed by atoms with Gasteiger partial charge in [-0.1, -0.05) is 30.3 Å². The number of aliphatic hydroxyl groups excluding tert-OH is 2. The number of rotatable bonds is 1. The van der Waals surface area contributed by atoms with Crippen LogP contribution in [0.5, 0.6) is 0 Å². The van der Waals surface area contributed by atoms with Crippen LogP contribution in [-0.4, -0.2) is 37.4 Å². The molecule has 3 aromatic rings. The van der Waals surface area contributed by atoms with Gasteiger partial charge in [0.2, 0.25) is 0 Å². The lowest BCUT2D eigenvalue weighted by Gasteiger charge is -2.14. The first-order valence-electron chi connectivity index (χ1n) is 7.16. The number of aliphatic hydroxyl groups is 2. The topological polar surface area (TPSA) is 97.7 Å². The van der Waals surface area contributed by atoms with Crippen molar-refractivity contribution in [2.45, 2.75) is 18.7 Å². The van der Waals surface area contributed by atoms with Gasteiger partial charge in [-0.15, -0.1) is 0 Å². The van der Waals surface area contributed by atoms with Crippen LogP contribution in [0.3, 0.4) is 0 Å². The van der Waals surface area contributed by atoms with Crippen molar-refractivity contribution in [2.24, 2.45) is 0 Å². The van der Waals surface area contributed by atoms with Crippen molar-refractivity contribution in [3.8, 4) is 0 Å². The van der Waals surface area contributed by atoms with Gasteiger partial charge in [0.1, 0.15) is 10.1 Å². The Morgan fingerprint density at radius 1 is 0.750 bits per heavy atom. The zero-order valence-electron chi connectivity index (χ0n) is 14.1. The maximum Gasteiger partial charge on any atom is 0.124 e. The molecule has 130 valence electrons. The largest absolute Gasteiger partial charge is 0.744 e. The molecule has 0 radical (unpaired) electrons. The molecule has 0 aliphatic heterocycles. The Morgan fingerprint density at radius 3 is 1.62 bits per heavy atom. The first-order chi connectivity index (χ1) is 11.4. The third-order valence-electron chi connectivity index (χ3n) is 3.82. The van der Waals surface area contributed by atoms with Crippen molar-refractivity contribution in [1.29, 1.82) is 0 Å². The summed E-state index contributed by atoms with van der Waals surface area (Å²) in [7, 11) is -2.43. The fourth-order valence-electron chi connectivity index (χ4n) is 2.74. The maximum atomic E-state index is 11.2. The lowest BCUT2D eigenvalue weighted by Crippen LogP contribution is -1.99. The van der Waals surface area contributed by atoms with E-state index in [1.54, 1.807) is 6.07 Å². The molecule has 3 rings (SSSR count). The molecule has 3 aromatic carbocycles. The summed E-state index contributed by atoms with van der Waals surface area (Å²) >= 11 is 0. The van der Waals surface area contributed by atoms with Crippen LogP contribution >= 0.6 is 0 Å². The molecule has 24 heavy (non-hydrogen) atoms. The van der Waals surface area contributed by atoms with E-state index in [0.717, 1.165) is 46.9 Å². The molecule has 0 aliphatic carbocycles. The summed E-state index contributed by atoms with van der Waals surface area (Å²) < 4.78 is 33.5. The number of hydrogen-bond acceptors (Lipinski definition) is 5. The van der Waals surface area contributed by atoms with Gasteiger partial charge in [-0.2, -0.15) is 0 Å². The first kappa shape index (κ1) is 20.1. The Kier molecular flexibility index (Phi) is 6.86. The minimum Gasteiger partial charge on any atom is -0.744 e. The Balaban J connectivity index is 0.000000671. The van der Waals surface area contributed by atoms with Crippen LogP contribution in [0.1, 0.15) is 11.1 Å². The Labute approximate surface area is 141 Å². The molecule has 0 unspecified atom stereocenters. The van der Waals surface area contributed by atoms with Crippen LogP contribution in [0.4, 0.5) is 0 Å². The molecule has 5 nitrogen and oxygen atoms in total. The average molecular weight is 349 g/mol. The molecule has 0 fully saturated rings. The van der Waals surface area contributed by atoms with Gasteiger partial charge >= 0.3 is 0 Å². The monoisotopic (exact) mass is 349 g/mol. The van der Waals surface area contributed by atoms with Gasteiger partial charge in [-0.05, 0) is 58.7 Å². The van der Waals surface area contributed by atoms with E-state index >= 15 is 0 Å². The molecule has 0 atom stereocenters. The van der Waals surface area contributed by atoms with Gasteiger partial charge in [0.05, 0.1) is 4.90 Å². The third kappa shape index (κ3) is 3.73. The van der Waals surface area contributed by atoms with Crippen LogP contribution in [0.25, 0.3) is 21.5 Å². The predicted octanol–water partition coefficient (Wildman–Crippen LogP) is 2.73. The number of hydrogen-bond donors (Lipinski definition) is 2. The Hall–Kier alpha value is -1.99. The summed E-state index contributed by atoms with van der Waals surface area (Å²) in [6, 6.07) is 12.6. The van der Waals surface area contributed by atoms with E-state index in [1.165, 1.54) is 12.1 Å². The fraction of sp³-hybridized carbons (Fsp3) is 0.222. The first-order valence-corrected chi connectivity index (χ1v) is 8.57. The van der Waals surface area contributed by atoms with Gasteiger partial charge in [0, 0.05) is 14.2 Å². The van der Waals surface area contributed by atoms with Crippen LogP contribution in [0, 0.1) is 13.8 Å². The Morgan fingerprint density at radius 2 is 1.17 bits per heavy atom. The molecule has 0 heterocycles. The van der Waals surface area contributed by atoms with Gasteiger partial charge in [-0.3, -0.25) is 0 Å². The summed E-state index contributed by atoms with van der Waals surface area (Å²) in [5.41, 5.74) is 2.09. The standard InChI is InChI=1S/C16H14O3S.2CH4O/c1-10-13-5-3-4-6-14(13)11(2)16-9-12(20(17,18)19)7-8-15(10)16;2*1-2/h3-9H,1-2H3,(H,17,18,19);2*2H,1H3/p-1. The van der Waals surface area contributed by atoms with Crippen molar-refractivity contribution >= 4 is 31.7 Å². The third-order valence-corrected chi connectivity index (χ3v) is 4.65. The highest BCUT2D eigenvalue weighted by atomic mass is 32.2. The Bertz CT molecular complexity index is 946. The van der Waals surface area contributed by atoms with Crippen LogP contribution in [0.2, 0.25) is 0 Å². The SMILES string of the molecule is CO.CO.Cc1c2ccccc2c(C)c2cc(S(=O)(=O)[O-])ccc12. The predicted molar refractivity (Wildman–Crippen MR) is 95.2 cm³/mol. The van der Waals surface area contributed by atoms with Crippen molar-refractivity contribution in [2.75, 3.05) is 14.2 Å². The molecular weight excluding hydrogens is 328 g/mol. The zero-order chi connectivity index (χ0) is 18.5. The maximum absolute atomic E-state index is 11.2. The smallest absolute Gasteiger partial charge is 0.124 e. The zero-order valence-corrected chi connectivity index (χ0v) is 14.9. The summed E-state index contributed by atoms with van der Waals surface area (Å²) in [6.07, 6.45) is 0. The highest BCUT2D eigenvalue weighted by molar-refractivity contribution is 7.85. The summed E-state index contributed by atoms with van der Waals surface area (Å²) in [5, 5.41) is 18.0. The number of benzene rings is 3. The molecule has 0 saturated carbocycles. The second kappa shape index (κ2) is 8.21. The van der Waals surface area contributed by atoms with E-state index in [4.69, 9.17) is 10.2 Å². The molecule has 2 N–H and O–H groups in total. The number of aryl methyl sites for hydroxylation is 2. The minimum atomic E-state index is -4.43. The second-order valence-corrected chi connectivity index (χ2v) is 6.34. The molecule has 0 aliphatic rings. The van der Waals surface area contributed by atoms with E-state index in [0.29, 0.717) is 0 Å². The summed E-state index contributed by atoms with van der Waals surface area (Å²) in [5.74, 6) is 0. The lowest BCUT2D eigenvalue weighted by molar-refractivity contribution is 0.399. The molecule has 0 amide bonds. The quantitative estimate of drug-likeness (QED) is 0.520. The molecule has 6 heteroatoms. The molecule has 0 bridgehead atoms. The molecule has 0 saturated heterocycles. The summed E-state index contributed by atoms with van der Waals surface area (Å²) in [6.45, 7) is 3.96. The van der Waals surface area contributed by atoms with Crippen LogP contribution in [-0.2, 0) is 10.1 Å². The summed E-state index contributed by atoms with van der Waals surface area (Å²) in [4.78, 5) is -0.178. The lowest BCUT2D eigenvalue weighted by atomic mass is 9.93. The van der Waals surface area contributed by atoms with Crippen LogP contribution < -0.4 is 0 Å². The van der Waals surface area contributed by atoms with E-state index in [2.05, 4.69) is 6.07 Å². The van der Waals surface area contributed by atoms with Gasteiger partial charge in [0.15, 0.2) is 0 Å². The van der Waals surface area contributed by atoms with Crippen molar-refractivity contribution in [3.63, 3.8) is 0 Å². The average Bonchev–Trinajstić information content (AvgIpc) is 2.62. The minimum absolute atomic E-state index is 0.178. The fourth-order valence-corrected chi connectivity index (χ4v) is 3.24. The van der Waals surface area contributed by atoms with Gasteiger partial charge in [0.25, 0.3) is 0 Å². The molecule has 0 aromatic heterocycles. The van der Waals surface area contributed by atoms with E-state index < -0.39 is 10.1 Å². The van der Waals surface area contributed by atoms with Gasteiger partial charge < -0.3 is 14.8 Å².